The number of hydrazone groups is 1. The van der Waals surface area contributed by atoms with E-state index in [0.717, 1.165) is 23.3 Å². The minimum Gasteiger partial charge on any atom is -0.279 e. The first kappa shape index (κ1) is 14.1. The van der Waals surface area contributed by atoms with Crippen LogP contribution in [0, 0.1) is 6.92 Å². The number of hydrogen-bond acceptors (Lipinski definition) is 2. The van der Waals surface area contributed by atoms with Crippen LogP contribution in [-0.2, 0) is 6.18 Å². The summed E-state index contributed by atoms with van der Waals surface area (Å²) >= 11 is 0. The predicted octanol–water partition coefficient (Wildman–Crippen LogP) is 4.46. The average molecular weight is 278 g/mol. The molecule has 0 saturated carbocycles. The van der Waals surface area contributed by atoms with Gasteiger partial charge in [0.1, 0.15) is 0 Å². The predicted molar refractivity (Wildman–Crippen MR) is 73.8 cm³/mol. The van der Waals surface area contributed by atoms with E-state index in [2.05, 4.69) is 10.5 Å². The molecule has 1 N–H and O–H groups in total. The highest BCUT2D eigenvalue weighted by molar-refractivity contribution is 5.80. The smallest absolute Gasteiger partial charge is 0.279 e. The Kier molecular flexibility index (Phi) is 4.08. The molecule has 2 aromatic rings. The van der Waals surface area contributed by atoms with E-state index in [0.29, 0.717) is 5.69 Å². The molecule has 0 heterocycles. The Morgan fingerprint density at radius 1 is 1.05 bits per heavy atom. The van der Waals surface area contributed by atoms with Gasteiger partial charge in [0.05, 0.1) is 17.5 Å². The molecule has 0 radical (unpaired) electrons. The highest BCUT2D eigenvalue weighted by Gasteiger charge is 2.29. The highest BCUT2D eigenvalue weighted by Crippen LogP contribution is 2.29. The van der Waals surface area contributed by atoms with Crippen molar-refractivity contribution in [2.45, 2.75) is 13.1 Å². The Balaban J connectivity index is 2.01. The third kappa shape index (κ3) is 3.85. The highest BCUT2D eigenvalue weighted by atomic mass is 19.4. The Labute approximate surface area is 114 Å². The van der Waals surface area contributed by atoms with Crippen LogP contribution in [0.15, 0.2) is 53.6 Å². The van der Waals surface area contributed by atoms with Crippen molar-refractivity contribution in [2.24, 2.45) is 5.10 Å². The molecule has 0 aliphatic carbocycles. The lowest BCUT2D eigenvalue weighted by atomic mass is 10.2. The van der Waals surface area contributed by atoms with Crippen LogP contribution in [0.3, 0.4) is 0 Å². The van der Waals surface area contributed by atoms with Gasteiger partial charge in [0.15, 0.2) is 0 Å². The molecule has 0 spiro atoms. The van der Waals surface area contributed by atoms with Gasteiger partial charge in [-0.3, -0.25) is 5.43 Å². The van der Waals surface area contributed by atoms with Crippen molar-refractivity contribution in [1.82, 2.24) is 0 Å². The van der Waals surface area contributed by atoms with Crippen molar-refractivity contribution in [3.05, 3.63) is 65.2 Å². The fraction of sp³-hybridized carbons (Fsp3) is 0.133. The molecule has 2 aromatic carbocycles. The van der Waals surface area contributed by atoms with Gasteiger partial charge in [-0.15, -0.1) is 0 Å². The molecule has 104 valence electrons. The van der Waals surface area contributed by atoms with E-state index in [4.69, 9.17) is 0 Å². The second-order valence-corrected chi connectivity index (χ2v) is 4.36. The third-order valence-corrected chi connectivity index (χ3v) is 2.66. The van der Waals surface area contributed by atoms with E-state index in [-0.39, 0.29) is 0 Å². The second kappa shape index (κ2) is 5.77. The van der Waals surface area contributed by atoms with Gasteiger partial charge in [0.25, 0.3) is 0 Å². The molecule has 0 atom stereocenters. The molecule has 0 aliphatic heterocycles. The summed E-state index contributed by atoms with van der Waals surface area (Å²) in [4.78, 5) is 0. The quantitative estimate of drug-likeness (QED) is 0.650. The molecule has 0 bridgehead atoms. The Morgan fingerprint density at radius 2 is 1.75 bits per heavy atom. The van der Waals surface area contributed by atoms with Crippen LogP contribution in [-0.4, -0.2) is 6.21 Å². The Bertz CT molecular complexity index is 601. The van der Waals surface area contributed by atoms with Gasteiger partial charge in [0.2, 0.25) is 0 Å². The molecular formula is C15H13F3N2. The summed E-state index contributed by atoms with van der Waals surface area (Å²) in [5, 5.41) is 3.99. The third-order valence-electron chi connectivity index (χ3n) is 2.66. The number of anilines is 1. The Morgan fingerprint density at radius 3 is 2.35 bits per heavy atom. The van der Waals surface area contributed by atoms with Crippen LogP contribution in [0.25, 0.3) is 0 Å². The monoisotopic (exact) mass is 278 g/mol. The minimum absolute atomic E-state index is 0.502. The number of benzene rings is 2. The van der Waals surface area contributed by atoms with Crippen LogP contribution in [0.4, 0.5) is 18.9 Å². The minimum atomic E-state index is -4.32. The summed E-state index contributed by atoms with van der Waals surface area (Å²) in [5.74, 6) is 0. The standard InChI is InChI=1S/C15H13F3N2/c1-11-3-2-4-12(9-11)10-19-20-14-7-5-13(6-8-14)15(16,17)18/h2-10,20H,1H3/b19-10-. The summed E-state index contributed by atoms with van der Waals surface area (Å²) in [6.45, 7) is 1.97. The Hall–Kier alpha value is -2.30. The summed E-state index contributed by atoms with van der Waals surface area (Å²) in [6, 6.07) is 12.5. The van der Waals surface area contributed by atoms with E-state index in [9.17, 15) is 13.2 Å². The average Bonchev–Trinajstić information content (AvgIpc) is 2.38. The lowest BCUT2D eigenvalue weighted by Crippen LogP contribution is -2.04. The maximum atomic E-state index is 12.4. The lowest BCUT2D eigenvalue weighted by Gasteiger charge is -2.07. The number of hydrogen-bond donors (Lipinski definition) is 1. The summed E-state index contributed by atoms with van der Waals surface area (Å²) in [5.41, 5.74) is 4.55. The first-order valence-corrected chi connectivity index (χ1v) is 5.98. The van der Waals surface area contributed by atoms with Crippen molar-refractivity contribution >= 4 is 11.9 Å². The van der Waals surface area contributed by atoms with Gasteiger partial charge >= 0.3 is 6.18 Å². The summed E-state index contributed by atoms with van der Waals surface area (Å²) in [7, 11) is 0. The van der Waals surface area contributed by atoms with Gasteiger partial charge in [0, 0.05) is 0 Å². The molecule has 0 fully saturated rings. The first-order valence-electron chi connectivity index (χ1n) is 5.98. The maximum absolute atomic E-state index is 12.4. The van der Waals surface area contributed by atoms with Crippen molar-refractivity contribution < 1.29 is 13.2 Å². The maximum Gasteiger partial charge on any atom is 0.416 e. The number of alkyl halides is 3. The van der Waals surface area contributed by atoms with Crippen LogP contribution >= 0.6 is 0 Å². The van der Waals surface area contributed by atoms with Crippen LogP contribution in [0.2, 0.25) is 0 Å². The van der Waals surface area contributed by atoms with Crippen molar-refractivity contribution in [2.75, 3.05) is 5.43 Å². The zero-order valence-electron chi connectivity index (χ0n) is 10.8. The molecule has 0 aromatic heterocycles. The van der Waals surface area contributed by atoms with Crippen LogP contribution in [0.1, 0.15) is 16.7 Å². The molecule has 0 unspecified atom stereocenters. The van der Waals surface area contributed by atoms with E-state index in [1.165, 1.54) is 12.1 Å². The summed E-state index contributed by atoms with van der Waals surface area (Å²) in [6.07, 6.45) is -2.70. The van der Waals surface area contributed by atoms with Crippen molar-refractivity contribution in [3.8, 4) is 0 Å². The lowest BCUT2D eigenvalue weighted by molar-refractivity contribution is -0.137. The fourth-order valence-electron chi connectivity index (χ4n) is 1.67. The van der Waals surface area contributed by atoms with Gasteiger partial charge < -0.3 is 0 Å². The summed E-state index contributed by atoms with van der Waals surface area (Å²) < 4.78 is 37.1. The molecule has 2 nitrogen and oxygen atoms in total. The van der Waals surface area contributed by atoms with E-state index >= 15 is 0 Å². The number of nitrogens with zero attached hydrogens (tertiary/aromatic N) is 1. The van der Waals surface area contributed by atoms with Gasteiger partial charge in [-0.25, -0.2) is 0 Å². The van der Waals surface area contributed by atoms with Gasteiger partial charge in [-0.1, -0.05) is 29.8 Å². The zero-order valence-corrected chi connectivity index (χ0v) is 10.8. The second-order valence-electron chi connectivity index (χ2n) is 4.36. The SMILES string of the molecule is Cc1cccc(/C=N\Nc2ccc(C(F)(F)F)cc2)c1. The van der Waals surface area contributed by atoms with E-state index in [1.54, 1.807) is 6.21 Å². The normalized spacial score (nSPS) is 11.8. The van der Waals surface area contributed by atoms with Crippen molar-refractivity contribution in [3.63, 3.8) is 0 Å². The number of aryl methyl sites for hydroxylation is 1. The van der Waals surface area contributed by atoms with Crippen LogP contribution in [0.5, 0.6) is 0 Å². The molecule has 5 heteroatoms. The van der Waals surface area contributed by atoms with E-state index in [1.807, 2.05) is 31.2 Å². The zero-order chi connectivity index (χ0) is 14.6. The first-order chi connectivity index (χ1) is 9.45. The van der Waals surface area contributed by atoms with Gasteiger partial charge in [-0.2, -0.15) is 18.3 Å². The molecule has 0 aliphatic rings. The number of rotatable bonds is 3. The molecule has 0 amide bonds. The van der Waals surface area contributed by atoms with Crippen molar-refractivity contribution in [1.29, 1.82) is 0 Å². The van der Waals surface area contributed by atoms with Gasteiger partial charge in [-0.05, 0) is 36.8 Å². The van der Waals surface area contributed by atoms with Crippen LogP contribution < -0.4 is 5.43 Å². The topological polar surface area (TPSA) is 24.4 Å². The number of nitrogens with one attached hydrogen (secondary N) is 1. The molecular weight excluding hydrogens is 265 g/mol. The number of halogens is 3. The fourth-order valence-corrected chi connectivity index (χ4v) is 1.67. The molecule has 0 saturated heterocycles. The molecule has 20 heavy (non-hydrogen) atoms. The molecule has 2 rings (SSSR count). The largest absolute Gasteiger partial charge is 0.416 e. The van der Waals surface area contributed by atoms with E-state index < -0.39 is 11.7 Å².